The molecule has 15 heavy (non-hydrogen) atoms. The molecule has 0 spiro atoms. The van der Waals surface area contributed by atoms with Gasteiger partial charge in [0.1, 0.15) is 0 Å². The van der Waals surface area contributed by atoms with Crippen LogP contribution in [0.15, 0.2) is 4.99 Å². The van der Waals surface area contributed by atoms with Gasteiger partial charge in [-0.2, -0.15) is 11.8 Å². The highest BCUT2D eigenvalue weighted by molar-refractivity contribution is 7.99. The van der Waals surface area contributed by atoms with Crippen LogP contribution >= 0.6 is 11.8 Å². The van der Waals surface area contributed by atoms with E-state index in [9.17, 15) is 0 Å². The molecule has 0 saturated carbocycles. The monoisotopic (exact) mass is 232 g/mol. The maximum atomic E-state index is 5.38. The SMILES string of the molecule is CCCCN=C(NN)NC(C)CSCC. The van der Waals surface area contributed by atoms with Gasteiger partial charge in [-0.25, -0.2) is 5.84 Å². The van der Waals surface area contributed by atoms with Crippen LogP contribution in [0.3, 0.4) is 0 Å². The molecule has 0 aliphatic heterocycles. The van der Waals surface area contributed by atoms with Crippen molar-refractivity contribution in [3.8, 4) is 0 Å². The number of hydrazine groups is 1. The minimum Gasteiger partial charge on any atom is -0.352 e. The van der Waals surface area contributed by atoms with Crippen molar-refractivity contribution in [1.29, 1.82) is 0 Å². The highest BCUT2D eigenvalue weighted by Crippen LogP contribution is 2.00. The zero-order chi connectivity index (χ0) is 11.5. The van der Waals surface area contributed by atoms with E-state index < -0.39 is 0 Å². The molecule has 0 aliphatic carbocycles. The molecule has 0 aromatic carbocycles. The molecular weight excluding hydrogens is 208 g/mol. The fraction of sp³-hybridized carbons (Fsp3) is 0.900. The summed E-state index contributed by atoms with van der Waals surface area (Å²) in [7, 11) is 0. The van der Waals surface area contributed by atoms with Crippen molar-refractivity contribution >= 4 is 17.7 Å². The van der Waals surface area contributed by atoms with Crippen molar-refractivity contribution < 1.29 is 0 Å². The van der Waals surface area contributed by atoms with E-state index in [1.807, 2.05) is 11.8 Å². The van der Waals surface area contributed by atoms with Crippen molar-refractivity contribution in [3.63, 3.8) is 0 Å². The van der Waals surface area contributed by atoms with Crippen LogP contribution in [0, 0.1) is 0 Å². The number of nitrogens with two attached hydrogens (primary N) is 1. The smallest absolute Gasteiger partial charge is 0.205 e. The van der Waals surface area contributed by atoms with E-state index in [0.717, 1.165) is 30.9 Å². The first-order chi connectivity index (χ1) is 7.24. The minimum atomic E-state index is 0.395. The van der Waals surface area contributed by atoms with Gasteiger partial charge in [-0.1, -0.05) is 20.3 Å². The maximum absolute atomic E-state index is 5.38. The predicted octanol–water partition coefficient (Wildman–Crippen LogP) is 1.34. The summed E-state index contributed by atoms with van der Waals surface area (Å²) in [4.78, 5) is 4.34. The molecule has 0 saturated heterocycles. The van der Waals surface area contributed by atoms with Crippen LogP contribution in [0.1, 0.15) is 33.6 Å². The van der Waals surface area contributed by atoms with Gasteiger partial charge in [0.2, 0.25) is 5.96 Å². The van der Waals surface area contributed by atoms with Gasteiger partial charge in [0.15, 0.2) is 0 Å². The molecule has 90 valence electrons. The Morgan fingerprint density at radius 3 is 2.73 bits per heavy atom. The summed E-state index contributed by atoms with van der Waals surface area (Å²) in [5, 5.41) is 3.25. The largest absolute Gasteiger partial charge is 0.352 e. The number of unbranched alkanes of at least 4 members (excludes halogenated alkanes) is 1. The first kappa shape index (κ1) is 14.6. The molecular formula is C10H24N4S. The second kappa shape index (κ2) is 10.1. The van der Waals surface area contributed by atoms with Crippen molar-refractivity contribution in [1.82, 2.24) is 10.7 Å². The van der Waals surface area contributed by atoms with Crippen LogP contribution in [0.5, 0.6) is 0 Å². The highest BCUT2D eigenvalue weighted by Gasteiger charge is 2.03. The fourth-order valence-corrected chi connectivity index (χ4v) is 1.72. The van der Waals surface area contributed by atoms with Gasteiger partial charge in [-0.3, -0.25) is 10.4 Å². The van der Waals surface area contributed by atoms with Crippen molar-refractivity contribution in [2.24, 2.45) is 10.8 Å². The van der Waals surface area contributed by atoms with E-state index in [1.54, 1.807) is 0 Å². The number of nitrogens with one attached hydrogen (secondary N) is 2. The van der Waals surface area contributed by atoms with Gasteiger partial charge in [-0.05, 0) is 19.1 Å². The molecule has 0 fully saturated rings. The Labute approximate surface area is 97.5 Å². The number of thioether (sulfide) groups is 1. The van der Waals surface area contributed by atoms with Crippen molar-refractivity contribution in [3.05, 3.63) is 0 Å². The minimum absolute atomic E-state index is 0.395. The average molecular weight is 232 g/mol. The summed E-state index contributed by atoms with van der Waals surface area (Å²) < 4.78 is 0. The molecule has 4 N–H and O–H groups in total. The Morgan fingerprint density at radius 2 is 2.20 bits per heavy atom. The summed E-state index contributed by atoms with van der Waals surface area (Å²) in [5.41, 5.74) is 2.60. The Hall–Kier alpha value is -0.420. The zero-order valence-corrected chi connectivity index (χ0v) is 10.9. The van der Waals surface area contributed by atoms with Gasteiger partial charge in [0.05, 0.1) is 0 Å². The summed E-state index contributed by atoms with van der Waals surface area (Å²) >= 11 is 1.91. The molecule has 1 atom stereocenters. The van der Waals surface area contributed by atoms with Gasteiger partial charge in [0.25, 0.3) is 0 Å². The molecule has 4 nitrogen and oxygen atoms in total. The summed E-state index contributed by atoms with van der Waals surface area (Å²) in [6.45, 7) is 7.28. The first-order valence-electron chi connectivity index (χ1n) is 5.59. The number of guanidine groups is 1. The Balaban J connectivity index is 3.80. The van der Waals surface area contributed by atoms with Gasteiger partial charge >= 0.3 is 0 Å². The van der Waals surface area contributed by atoms with Gasteiger partial charge < -0.3 is 5.32 Å². The molecule has 0 radical (unpaired) electrons. The van der Waals surface area contributed by atoms with Crippen LogP contribution in [-0.2, 0) is 0 Å². The van der Waals surface area contributed by atoms with E-state index in [2.05, 4.69) is 36.5 Å². The van der Waals surface area contributed by atoms with E-state index in [1.165, 1.54) is 0 Å². The third-order valence-electron chi connectivity index (χ3n) is 1.87. The predicted molar refractivity (Wildman–Crippen MR) is 70.1 cm³/mol. The van der Waals surface area contributed by atoms with Gasteiger partial charge in [-0.15, -0.1) is 0 Å². The van der Waals surface area contributed by atoms with Crippen molar-refractivity contribution in [2.45, 2.75) is 39.7 Å². The summed E-state index contributed by atoms with van der Waals surface area (Å²) in [5.74, 6) is 8.30. The van der Waals surface area contributed by atoms with E-state index in [0.29, 0.717) is 12.0 Å². The Bertz CT molecular complexity index is 173. The summed E-state index contributed by atoms with van der Waals surface area (Å²) in [6, 6.07) is 0.395. The number of rotatable bonds is 7. The van der Waals surface area contributed by atoms with Crippen LogP contribution in [0.4, 0.5) is 0 Å². The fourth-order valence-electron chi connectivity index (χ4n) is 1.05. The zero-order valence-electron chi connectivity index (χ0n) is 10.0. The van der Waals surface area contributed by atoms with Gasteiger partial charge in [0, 0.05) is 18.3 Å². The van der Waals surface area contributed by atoms with Crippen LogP contribution in [-0.4, -0.2) is 30.1 Å². The number of hydrogen-bond acceptors (Lipinski definition) is 3. The van der Waals surface area contributed by atoms with E-state index in [-0.39, 0.29) is 0 Å². The lowest BCUT2D eigenvalue weighted by atomic mass is 10.3. The van der Waals surface area contributed by atoms with Crippen LogP contribution in [0.2, 0.25) is 0 Å². The molecule has 1 unspecified atom stereocenters. The molecule has 0 heterocycles. The third-order valence-corrected chi connectivity index (χ3v) is 3.02. The maximum Gasteiger partial charge on any atom is 0.205 e. The number of nitrogens with zero attached hydrogens (tertiary/aromatic N) is 1. The summed E-state index contributed by atoms with van der Waals surface area (Å²) in [6.07, 6.45) is 2.26. The molecule has 0 rings (SSSR count). The molecule has 0 aliphatic rings. The third kappa shape index (κ3) is 8.57. The number of hydrogen-bond donors (Lipinski definition) is 3. The van der Waals surface area contributed by atoms with Crippen molar-refractivity contribution in [2.75, 3.05) is 18.1 Å². The Morgan fingerprint density at radius 1 is 1.47 bits per heavy atom. The molecule has 0 bridgehead atoms. The quantitative estimate of drug-likeness (QED) is 0.204. The molecule has 0 aromatic heterocycles. The molecule has 0 aromatic rings. The van der Waals surface area contributed by atoms with Crippen LogP contribution < -0.4 is 16.6 Å². The average Bonchev–Trinajstić information content (AvgIpc) is 2.25. The standard InChI is InChI=1S/C10H24N4S/c1-4-6-7-12-10(14-11)13-9(3)8-15-5-2/h9H,4-8,11H2,1-3H3,(H2,12,13,14). The second-order valence-corrected chi connectivity index (χ2v) is 4.75. The van der Waals surface area contributed by atoms with E-state index >= 15 is 0 Å². The molecule has 0 amide bonds. The molecule has 5 heteroatoms. The van der Waals surface area contributed by atoms with E-state index in [4.69, 9.17) is 5.84 Å². The normalized spacial score (nSPS) is 13.7. The first-order valence-corrected chi connectivity index (χ1v) is 6.75. The lowest BCUT2D eigenvalue weighted by Crippen LogP contribution is -2.46. The second-order valence-electron chi connectivity index (χ2n) is 3.43. The lowest BCUT2D eigenvalue weighted by molar-refractivity contribution is 0.704. The highest BCUT2D eigenvalue weighted by atomic mass is 32.2. The topological polar surface area (TPSA) is 62.4 Å². The Kier molecular flexibility index (Phi) is 9.83. The van der Waals surface area contributed by atoms with Crippen LogP contribution in [0.25, 0.3) is 0 Å². The lowest BCUT2D eigenvalue weighted by Gasteiger charge is -2.15. The number of aliphatic imine (C=N–C) groups is 1.